The van der Waals surface area contributed by atoms with E-state index in [9.17, 15) is 92.7 Å². The Morgan fingerprint density at radius 1 is 0.606 bits per heavy atom. The van der Waals surface area contributed by atoms with Crippen LogP contribution >= 0.6 is 0 Å². The summed E-state index contributed by atoms with van der Waals surface area (Å²) in [5, 5.41) is 78.1. The highest BCUT2D eigenvalue weighted by atomic mass is 16.5. The van der Waals surface area contributed by atoms with Crippen molar-refractivity contribution in [2.75, 3.05) is 34.3 Å². The first-order valence-corrected chi connectivity index (χ1v) is 36.4. The van der Waals surface area contributed by atoms with E-state index in [-0.39, 0.29) is 44.1 Å². The molecule has 26 N–H and O–H groups in total. The van der Waals surface area contributed by atoms with Crippen LogP contribution in [0.2, 0.25) is 0 Å². The Balaban J connectivity index is 4.50. The van der Waals surface area contributed by atoms with Crippen LogP contribution in [-0.4, -0.2) is 273 Å². The van der Waals surface area contributed by atoms with Crippen LogP contribution in [0.15, 0.2) is 0 Å². The predicted molar refractivity (Wildman–Crippen MR) is 390 cm³/mol. The third-order valence-electron chi connectivity index (χ3n) is 19.3. The molecule has 0 spiro atoms. The fourth-order valence-electron chi connectivity index (χ4n) is 12.1. The number of hydrogen-bond acceptors (Lipinski definition) is 25. The van der Waals surface area contributed by atoms with E-state index in [1.54, 1.807) is 34.6 Å². The second-order valence-electron chi connectivity index (χ2n) is 29.8. The molecule has 0 aromatic rings. The highest BCUT2D eigenvalue weighted by Gasteiger charge is 2.47. The van der Waals surface area contributed by atoms with Crippen LogP contribution in [0.4, 0.5) is 0 Å². The molecule has 1 aliphatic heterocycles. The summed E-state index contributed by atoms with van der Waals surface area (Å²) in [5.74, 6) is -25.4. The van der Waals surface area contributed by atoms with Crippen LogP contribution in [0.25, 0.3) is 0 Å². The number of esters is 1. The first-order chi connectivity index (χ1) is 50.4. The summed E-state index contributed by atoms with van der Waals surface area (Å²) in [6.45, 7) is 19.4. The Hall–Kier alpha value is -8.80. The lowest BCUT2D eigenvalue weighted by Crippen LogP contribution is -2.66. The summed E-state index contributed by atoms with van der Waals surface area (Å²) >= 11 is 0. The molecule has 1 fully saturated rings. The zero-order valence-electron chi connectivity index (χ0n) is 65.6. The molecule has 0 aromatic carbocycles. The molecule has 109 heavy (non-hydrogen) atoms. The van der Waals surface area contributed by atoms with Gasteiger partial charge in [-0.15, -0.1) is 0 Å². The quantitative estimate of drug-likeness (QED) is 0.0259. The van der Waals surface area contributed by atoms with E-state index >= 15 is 9.59 Å². The maximum absolute atomic E-state index is 15.2. The van der Waals surface area contributed by atoms with Gasteiger partial charge in [-0.25, -0.2) is 4.79 Å². The van der Waals surface area contributed by atoms with Gasteiger partial charge in [0.25, 0.3) is 5.91 Å². The summed E-state index contributed by atoms with van der Waals surface area (Å²) in [6, 6.07) is -21.6. The fraction of sp³-hybridized carbons (Fsp3) is 0.768. The molecule has 8 unspecified atom stereocenters. The van der Waals surface area contributed by atoms with E-state index in [1.165, 1.54) is 20.8 Å². The monoisotopic (exact) mass is 1560 g/mol. The number of primary amides is 4. The lowest BCUT2D eigenvalue weighted by atomic mass is 9.85. The maximum atomic E-state index is 15.2. The number of aliphatic hydroxyl groups excluding tert-OH is 4. The lowest BCUT2D eigenvalue weighted by Gasteiger charge is -2.37. The first kappa shape index (κ1) is 98.2. The number of amides is 15. The number of ether oxygens (including phenoxy) is 2. The van der Waals surface area contributed by atoms with Crippen LogP contribution in [0.5, 0.6) is 0 Å². The topological polar surface area (TPSA) is 664 Å². The Morgan fingerprint density at radius 3 is 1.62 bits per heavy atom. The molecule has 0 aliphatic carbocycles. The molecule has 22 atom stereocenters. The van der Waals surface area contributed by atoms with Gasteiger partial charge in [-0.2, -0.15) is 0 Å². The van der Waals surface area contributed by atoms with E-state index in [1.807, 2.05) is 13.8 Å². The zero-order chi connectivity index (χ0) is 84.3. The maximum Gasteiger partial charge on any atom is 0.329 e. The van der Waals surface area contributed by atoms with Crippen LogP contribution in [0.1, 0.15) is 155 Å². The summed E-state index contributed by atoms with van der Waals surface area (Å²) < 4.78 is 11.1. The van der Waals surface area contributed by atoms with Crippen LogP contribution < -0.4 is 82.3 Å². The van der Waals surface area contributed by atoms with Gasteiger partial charge in [-0.1, -0.05) is 75.7 Å². The Bertz CT molecular complexity index is 3160. The third kappa shape index (κ3) is 30.2. The molecule has 1 rings (SSSR count). The highest BCUT2D eigenvalue weighted by molar-refractivity contribution is 6.01. The molecule has 1 saturated heterocycles. The Labute approximate surface area is 635 Å². The normalized spacial score (nSPS) is 24.4. The number of nitrogens with zero attached hydrogens (tertiary/aromatic N) is 2. The second kappa shape index (κ2) is 45.4. The van der Waals surface area contributed by atoms with Gasteiger partial charge in [0.1, 0.15) is 72.6 Å². The molecule has 40 heteroatoms. The van der Waals surface area contributed by atoms with Crippen molar-refractivity contribution in [1.82, 2.24) is 57.7 Å². The Morgan fingerprint density at radius 2 is 1.14 bits per heavy atom. The van der Waals surface area contributed by atoms with E-state index in [0.29, 0.717) is 11.3 Å². The molecule has 0 radical (unpaired) electrons. The summed E-state index contributed by atoms with van der Waals surface area (Å²) in [4.78, 5) is 228. The standard InChI is InChI=1S/C69H123N17O23/c1-18-31(6)26-32(7)50(90)35(10)57(95)79-41(28-71)59(97)84-54(69(13,14)107)51(91)52(92)65(103)80-46(33(8)34(9)55(74)93)61(99)82-48-37(12)109-68(106)43(25-30(4)5)86(16)67(105)40(27-45(73)89)78-64(102)49(53(108-17)56(75)94)83-60(98)42(21-22-44(72)88)85(15)66(104)39(24-29(2)3)77-58(96)38(20-19-23-70)76-62(100)47(36(11)87)81-63(48)101/h29-43,46-54,87,90-92,107H,18-28,70-71H2,1-17H3,(H2,72,88)(H2,73,89)(H2,74,93)(H2,75,94)(H,76,100)(H,77,96)(H,78,102)(H,79,95)(H,80,103)(H,81,101)(H,82,99)(H,83,98)(H,84,97)/t31?,32?,33-,34?,35?,36-,37-,38-,39+,40-,41-,42+,43+,46+,47-,48-,49+,50?,51?,52?,53-,54?/m1/s1. The van der Waals surface area contributed by atoms with E-state index in [2.05, 4.69) is 47.9 Å². The van der Waals surface area contributed by atoms with Gasteiger partial charge in [0, 0.05) is 40.1 Å². The molecule has 1 aliphatic rings. The zero-order valence-corrected chi connectivity index (χ0v) is 65.6. The fourth-order valence-corrected chi connectivity index (χ4v) is 12.1. The molecule has 1 heterocycles. The van der Waals surface area contributed by atoms with Crippen molar-refractivity contribution in [3.05, 3.63) is 0 Å². The number of nitrogens with two attached hydrogens (primary N) is 6. The number of nitrogens with one attached hydrogen (secondary N) is 9. The van der Waals surface area contributed by atoms with Gasteiger partial charge in [-0.05, 0) is 102 Å². The predicted octanol–water partition coefficient (Wildman–Crippen LogP) is -7.92. The first-order valence-electron chi connectivity index (χ1n) is 36.4. The lowest BCUT2D eigenvalue weighted by molar-refractivity contribution is -0.162. The molecule has 15 amide bonds. The summed E-state index contributed by atoms with van der Waals surface area (Å²) in [7, 11) is 2.99. The number of carbonyl (C=O) groups excluding carboxylic acids is 16. The van der Waals surface area contributed by atoms with E-state index in [4.69, 9.17) is 43.9 Å². The summed E-state index contributed by atoms with van der Waals surface area (Å²) in [5.41, 5.74) is 32.0. The average Bonchev–Trinajstić information content (AvgIpc) is 1.04. The van der Waals surface area contributed by atoms with E-state index < -0.39 is 259 Å². The van der Waals surface area contributed by atoms with Crippen molar-refractivity contribution in [2.24, 2.45) is 75.8 Å². The average molecular weight is 1560 g/mol. The van der Waals surface area contributed by atoms with Gasteiger partial charge in [0.05, 0.1) is 36.2 Å². The highest BCUT2D eigenvalue weighted by Crippen LogP contribution is 2.25. The van der Waals surface area contributed by atoms with Crippen molar-refractivity contribution in [3.8, 4) is 0 Å². The molecule has 0 saturated carbocycles. The van der Waals surface area contributed by atoms with Gasteiger partial charge in [0.15, 0.2) is 12.2 Å². The Kier molecular flexibility index (Phi) is 40.9. The van der Waals surface area contributed by atoms with Crippen molar-refractivity contribution in [2.45, 2.75) is 263 Å². The number of rotatable bonds is 36. The second-order valence-corrected chi connectivity index (χ2v) is 29.8. The number of hydrogen-bond donors (Lipinski definition) is 20. The van der Waals surface area contributed by atoms with Gasteiger partial charge in [-0.3, -0.25) is 71.9 Å². The molecule has 622 valence electrons. The number of cyclic esters (lactones) is 1. The minimum absolute atomic E-state index is 0.0123. The summed E-state index contributed by atoms with van der Waals surface area (Å²) in [6.07, 6.45) is -14.3. The molecule has 0 aromatic heterocycles. The molecular weight excluding hydrogens is 1430 g/mol. The number of aliphatic hydroxyl groups is 5. The van der Waals surface area contributed by atoms with Crippen molar-refractivity contribution in [1.29, 1.82) is 0 Å². The number of likely N-dealkylation sites (N-methyl/N-ethyl adjacent to an activating group) is 2. The van der Waals surface area contributed by atoms with Crippen LogP contribution in [-0.2, 0) is 86.2 Å². The SMILES string of the molecule is CCC(C)CC(C)C(O)C(C)C(=O)N[C@H](CN)C(=O)NC(C(O)C(O)C(=O)N[C@H](C(=O)N[C@H]1C(=O)N[C@H]([C@@H](C)O)C(=O)N[C@H](CCCN)C(=O)N[C@@H](CC(C)C)C(=O)N(C)[C@@H](CCC(N)=O)C(=O)N[C@@H]([C@@H](OC)C(N)=O)C(=O)N[C@H](CC(N)=O)C(=O)N(C)[C@@H](CC(C)C)C(=O)O[C@@H]1C)[C@H](C)C(C)C(N)=O)C(C)(C)O. The van der Waals surface area contributed by atoms with Crippen LogP contribution in [0, 0.1) is 41.4 Å². The van der Waals surface area contributed by atoms with Crippen molar-refractivity contribution >= 4 is 94.6 Å². The third-order valence-corrected chi connectivity index (χ3v) is 19.3. The molecular formula is C69H123N17O23. The van der Waals surface area contributed by atoms with Crippen molar-refractivity contribution < 1.29 is 112 Å². The largest absolute Gasteiger partial charge is 0.458 e. The van der Waals surface area contributed by atoms with E-state index in [0.717, 1.165) is 60.2 Å². The smallest absolute Gasteiger partial charge is 0.329 e. The van der Waals surface area contributed by atoms with Crippen molar-refractivity contribution in [3.63, 3.8) is 0 Å². The van der Waals surface area contributed by atoms with Gasteiger partial charge < -0.3 is 127 Å². The van der Waals surface area contributed by atoms with Crippen LogP contribution in [0.3, 0.4) is 0 Å². The minimum atomic E-state index is -2.75. The number of methoxy groups -OCH3 is 1. The van der Waals surface area contributed by atoms with Gasteiger partial charge in [0.2, 0.25) is 82.7 Å². The molecule has 40 nitrogen and oxygen atoms in total. The van der Waals surface area contributed by atoms with Gasteiger partial charge >= 0.3 is 5.97 Å². The number of carbonyl (C=O) groups is 16. The molecule has 0 bridgehead atoms. The minimum Gasteiger partial charge on any atom is -0.458 e.